The van der Waals surface area contributed by atoms with Crippen molar-refractivity contribution in [2.75, 3.05) is 7.11 Å². The predicted molar refractivity (Wildman–Crippen MR) is 101 cm³/mol. The van der Waals surface area contributed by atoms with Crippen LogP contribution in [0.15, 0.2) is 24.3 Å². The van der Waals surface area contributed by atoms with Crippen LogP contribution >= 0.6 is 0 Å². The molecule has 134 valence electrons. The number of esters is 1. The van der Waals surface area contributed by atoms with E-state index in [9.17, 15) is 4.79 Å². The Morgan fingerprint density at radius 1 is 1.16 bits per heavy atom. The fraction of sp³-hybridized carbons (Fsp3) is 0.429. The lowest BCUT2D eigenvalue weighted by atomic mass is 9.88. The molecule has 0 aliphatic rings. The first kappa shape index (κ1) is 19.1. The highest BCUT2D eigenvalue weighted by molar-refractivity contribution is 5.80. The Morgan fingerprint density at radius 2 is 1.80 bits per heavy atom. The van der Waals surface area contributed by atoms with E-state index < -0.39 is 0 Å². The van der Waals surface area contributed by atoms with Crippen LogP contribution in [-0.2, 0) is 28.9 Å². The number of nitrogens with zero attached hydrogens (tertiary/aromatic N) is 1. The number of hydrogen-bond donors (Lipinski definition) is 1. The maximum atomic E-state index is 12.0. The van der Waals surface area contributed by atoms with Crippen LogP contribution in [0.1, 0.15) is 41.9 Å². The van der Waals surface area contributed by atoms with E-state index in [4.69, 9.17) is 15.5 Å². The molecule has 1 heterocycles. The predicted octanol–water partition coefficient (Wildman–Crippen LogP) is 3.74. The second-order valence-corrected chi connectivity index (χ2v) is 6.90. The molecule has 4 nitrogen and oxygen atoms in total. The van der Waals surface area contributed by atoms with Crippen LogP contribution in [0.5, 0.6) is 0 Å². The highest BCUT2D eigenvalue weighted by Crippen LogP contribution is 2.33. The molecule has 1 aromatic heterocycles. The molecular weight excluding hydrogens is 312 g/mol. The zero-order chi connectivity index (χ0) is 18.6. The molecule has 2 N–H and O–H groups in total. The number of ether oxygens (including phenoxy) is 1. The Kier molecular flexibility index (Phi) is 6.32. The molecule has 25 heavy (non-hydrogen) atoms. The van der Waals surface area contributed by atoms with Crippen LogP contribution in [0.4, 0.5) is 0 Å². The molecule has 2 aromatic rings. The summed E-state index contributed by atoms with van der Waals surface area (Å²) in [4.78, 5) is 16.7. The van der Waals surface area contributed by atoms with Gasteiger partial charge in [0.1, 0.15) is 0 Å². The Bertz CT molecular complexity index is 749. The Balaban J connectivity index is 2.73. The lowest BCUT2D eigenvalue weighted by molar-refractivity contribution is -0.139. The van der Waals surface area contributed by atoms with Crippen molar-refractivity contribution in [2.24, 2.45) is 11.7 Å². The number of rotatable bonds is 6. The monoisotopic (exact) mass is 340 g/mol. The minimum atomic E-state index is -0.266. The number of carbonyl (C=O) groups is 1. The molecule has 1 aromatic carbocycles. The van der Waals surface area contributed by atoms with Gasteiger partial charge >= 0.3 is 5.97 Å². The summed E-state index contributed by atoms with van der Waals surface area (Å²) in [5, 5.41) is 0. The van der Waals surface area contributed by atoms with Gasteiger partial charge in [-0.05, 0) is 48.4 Å². The van der Waals surface area contributed by atoms with Crippen molar-refractivity contribution in [1.82, 2.24) is 4.98 Å². The van der Waals surface area contributed by atoms with Gasteiger partial charge in [-0.1, -0.05) is 43.7 Å². The number of aromatic nitrogens is 1. The van der Waals surface area contributed by atoms with Gasteiger partial charge < -0.3 is 10.5 Å². The van der Waals surface area contributed by atoms with E-state index >= 15 is 0 Å². The van der Waals surface area contributed by atoms with Gasteiger partial charge in [0.25, 0.3) is 0 Å². The quantitative estimate of drug-likeness (QED) is 0.814. The van der Waals surface area contributed by atoms with Gasteiger partial charge in [0.15, 0.2) is 0 Å². The summed E-state index contributed by atoms with van der Waals surface area (Å²) in [6.07, 6.45) is 1.07. The summed E-state index contributed by atoms with van der Waals surface area (Å²) in [7, 11) is 1.41. The van der Waals surface area contributed by atoms with E-state index in [0.717, 1.165) is 40.1 Å². The van der Waals surface area contributed by atoms with Gasteiger partial charge in [-0.3, -0.25) is 9.78 Å². The van der Waals surface area contributed by atoms with Crippen molar-refractivity contribution < 1.29 is 9.53 Å². The lowest BCUT2D eigenvalue weighted by Gasteiger charge is -2.20. The highest BCUT2D eigenvalue weighted by atomic mass is 16.5. The third-order valence-corrected chi connectivity index (χ3v) is 4.39. The number of carbonyl (C=O) groups excluding carboxylic acids is 1. The first-order chi connectivity index (χ1) is 11.9. The average Bonchev–Trinajstić information content (AvgIpc) is 2.57. The van der Waals surface area contributed by atoms with Crippen LogP contribution in [0, 0.1) is 19.8 Å². The molecule has 0 amide bonds. The second kappa shape index (κ2) is 8.26. The largest absolute Gasteiger partial charge is 0.469 e. The zero-order valence-electron chi connectivity index (χ0n) is 15.8. The fourth-order valence-electron chi connectivity index (χ4n) is 3.12. The van der Waals surface area contributed by atoms with Crippen molar-refractivity contribution >= 4 is 5.97 Å². The third kappa shape index (κ3) is 4.45. The van der Waals surface area contributed by atoms with E-state index in [2.05, 4.69) is 45.0 Å². The van der Waals surface area contributed by atoms with Gasteiger partial charge in [-0.25, -0.2) is 0 Å². The van der Waals surface area contributed by atoms with Crippen molar-refractivity contribution in [3.05, 3.63) is 52.3 Å². The summed E-state index contributed by atoms with van der Waals surface area (Å²) in [6.45, 7) is 8.76. The molecule has 0 atom stereocenters. The summed E-state index contributed by atoms with van der Waals surface area (Å²) in [5.41, 5.74) is 13.3. The first-order valence-corrected chi connectivity index (χ1v) is 8.72. The number of nitrogens with two attached hydrogens (primary N) is 1. The van der Waals surface area contributed by atoms with Crippen molar-refractivity contribution in [3.63, 3.8) is 0 Å². The molecule has 0 radical (unpaired) electrons. The Morgan fingerprint density at radius 3 is 2.32 bits per heavy atom. The summed E-state index contributed by atoms with van der Waals surface area (Å²) < 4.78 is 4.89. The van der Waals surface area contributed by atoms with E-state index in [1.807, 2.05) is 6.92 Å². The molecule has 0 unspecified atom stereocenters. The average molecular weight is 340 g/mol. The molecule has 4 heteroatoms. The molecular formula is C21H28N2O2. The number of methoxy groups -OCH3 is 1. The second-order valence-electron chi connectivity index (χ2n) is 6.90. The molecule has 0 saturated heterocycles. The van der Waals surface area contributed by atoms with Crippen LogP contribution in [0.2, 0.25) is 0 Å². The number of hydrogen-bond acceptors (Lipinski definition) is 4. The minimum Gasteiger partial charge on any atom is -0.469 e. The molecule has 0 fully saturated rings. The third-order valence-electron chi connectivity index (χ3n) is 4.39. The van der Waals surface area contributed by atoms with Crippen molar-refractivity contribution in [2.45, 2.75) is 47.1 Å². The molecule has 0 spiro atoms. The molecule has 0 saturated carbocycles. The van der Waals surface area contributed by atoms with Crippen molar-refractivity contribution in [1.29, 1.82) is 0 Å². The maximum absolute atomic E-state index is 12.0. The Hall–Kier alpha value is -2.20. The van der Waals surface area contributed by atoms with Gasteiger partial charge in [0, 0.05) is 17.9 Å². The van der Waals surface area contributed by atoms with Gasteiger partial charge in [0.05, 0.1) is 13.5 Å². The van der Waals surface area contributed by atoms with Gasteiger partial charge in [-0.15, -0.1) is 0 Å². The van der Waals surface area contributed by atoms with Crippen LogP contribution < -0.4 is 5.73 Å². The summed E-state index contributed by atoms with van der Waals surface area (Å²) in [6, 6.07) is 8.33. The van der Waals surface area contributed by atoms with E-state index in [1.165, 1.54) is 12.7 Å². The normalized spacial score (nSPS) is 11.0. The molecule has 0 aliphatic carbocycles. The smallest absolute Gasteiger partial charge is 0.310 e. The van der Waals surface area contributed by atoms with E-state index in [1.54, 1.807) is 0 Å². The molecule has 0 aliphatic heterocycles. The number of pyridine rings is 1. The van der Waals surface area contributed by atoms with Crippen molar-refractivity contribution in [3.8, 4) is 11.1 Å². The maximum Gasteiger partial charge on any atom is 0.310 e. The highest BCUT2D eigenvalue weighted by Gasteiger charge is 2.21. The Labute approximate surface area is 150 Å². The first-order valence-electron chi connectivity index (χ1n) is 8.72. The van der Waals surface area contributed by atoms with Gasteiger partial charge in [0.2, 0.25) is 0 Å². The standard InChI is InChI=1S/C21H28N2O2/c1-13(2)10-19-18(12-22)21(16-8-6-14(3)7-9-16)17(15(4)23-19)11-20(24)25-5/h6-9,13H,10-12,22H2,1-5H3. The summed E-state index contributed by atoms with van der Waals surface area (Å²) >= 11 is 0. The number of aryl methyl sites for hydroxylation is 2. The van der Waals surface area contributed by atoms with Gasteiger partial charge in [-0.2, -0.15) is 0 Å². The minimum absolute atomic E-state index is 0.202. The zero-order valence-corrected chi connectivity index (χ0v) is 15.8. The summed E-state index contributed by atoms with van der Waals surface area (Å²) in [5.74, 6) is 0.215. The van der Waals surface area contributed by atoms with Crippen LogP contribution in [0.25, 0.3) is 11.1 Å². The van der Waals surface area contributed by atoms with E-state index in [0.29, 0.717) is 12.5 Å². The van der Waals surface area contributed by atoms with Crippen LogP contribution in [0.3, 0.4) is 0 Å². The molecule has 0 bridgehead atoms. The van der Waals surface area contributed by atoms with E-state index in [-0.39, 0.29) is 12.4 Å². The topological polar surface area (TPSA) is 65.2 Å². The SMILES string of the molecule is COC(=O)Cc1c(C)nc(CC(C)C)c(CN)c1-c1ccc(C)cc1. The lowest BCUT2D eigenvalue weighted by Crippen LogP contribution is -2.15. The molecule has 2 rings (SSSR count). The fourth-order valence-corrected chi connectivity index (χ4v) is 3.12. The van der Waals surface area contributed by atoms with Crippen LogP contribution in [-0.4, -0.2) is 18.1 Å². The number of benzene rings is 1.